The highest BCUT2D eigenvalue weighted by atomic mass is 35.5. The predicted octanol–water partition coefficient (Wildman–Crippen LogP) is 3.94. The number of hydrogen-bond donors (Lipinski definition) is 3. The molecule has 0 heterocycles. The molecule has 1 atom stereocenters. The molecule has 0 bridgehead atoms. The number of nitrogens with two attached hydrogens (primary N) is 1. The number of hydrogen-bond acceptors (Lipinski definition) is 3. The lowest BCUT2D eigenvalue weighted by Crippen LogP contribution is -2.28. The Bertz CT molecular complexity index is 632. The molecule has 0 saturated heterocycles. The van der Waals surface area contributed by atoms with Gasteiger partial charge in [-0.15, -0.1) is 0 Å². The second kappa shape index (κ2) is 7.20. The summed E-state index contributed by atoms with van der Waals surface area (Å²) in [5, 5.41) is 16.2. The molecular weight excluding hydrogens is 309 g/mol. The van der Waals surface area contributed by atoms with Crippen LogP contribution in [0.5, 0.6) is 0 Å². The molecule has 0 aliphatic carbocycles. The first-order chi connectivity index (χ1) is 10.1. The number of rotatable bonds is 5. The Morgan fingerprint density at radius 1 is 1.14 bits per heavy atom. The van der Waals surface area contributed by atoms with Gasteiger partial charge in [-0.1, -0.05) is 64.8 Å². The van der Waals surface area contributed by atoms with E-state index in [1.807, 2.05) is 36.4 Å². The summed E-state index contributed by atoms with van der Waals surface area (Å²) in [6, 6.07) is 14.9. The van der Waals surface area contributed by atoms with Gasteiger partial charge in [-0.3, -0.25) is 0 Å². The Hall–Kier alpha value is -1.91. The van der Waals surface area contributed by atoms with Crippen LogP contribution in [0.4, 0.5) is 5.69 Å². The predicted molar refractivity (Wildman–Crippen MR) is 87.5 cm³/mol. The van der Waals surface area contributed by atoms with Crippen molar-refractivity contribution in [2.24, 2.45) is 10.9 Å². The van der Waals surface area contributed by atoms with Gasteiger partial charge in [-0.05, 0) is 17.7 Å². The second-order valence-corrected chi connectivity index (χ2v) is 5.26. The third-order valence-corrected chi connectivity index (χ3v) is 3.94. The van der Waals surface area contributed by atoms with Crippen molar-refractivity contribution in [3.8, 4) is 0 Å². The second-order valence-electron chi connectivity index (χ2n) is 4.47. The highest BCUT2D eigenvalue weighted by Gasteiger charge is 2.17. The summed E-state index contributed by atoms with van der Waals surface area (Å²) in [7, 11) is 0. The molecule has 21 heavy (non-hydrogen) atoms. The zero-order valence-corrected chi connectivity index (χ0v) is 12.6. The van der Waals surface area contributed by atoms with Crippen molar-refractivity contribution in [2.45, 2.75) is 5.92 Å². The average molecular weight is 324 g/mol. The SMILES string of the molecule is NC(=NO)C(CNc1cccc(Cl)c1Cl)c1ccccc1. The Labute approximate surface area is 133 Å². The lowest BCUT2D eigenvalue weighted by atomic mass is 9.98. The average Bonchev–Trinajstić information content (AvgIpc) is 2.52. The van der Waals surface area contributed by atoms with Gasteiger partial charge in [0.15, 0.2) is 0 Å². The van der Waals surface area contributed by atoms with Crippen molar-refractivity contribution in [3.63, 3.8) is 0 Å². The lowest BCUT2D eigenvalue weighted by molar-refractivity contribution is 0.316. The van der Waals surface area contributed by atoms with Gasteiger partial charge in [-0.2, -0.15) is 0 Å². The van der Waals surface area contributed by atoms with Gasteiger partial charge in [0.1, 0.15) is 5.84 Å². The molecule has 0 fully saturated rings. The number of benzene rings is 2. The molecule has 110 valence electrons. The smallest absolute Gasteiger partial charge is 0.148 e. The van der Waals surface area contributed by atoms with E-state index in [2.05, 4.69) is 10.5 Å². The van der Waals surface area contributed by atoms with Crippen molar-refractivity contribution in [3.05, 3.63) is 64.1 Å². The molecule has 1 unspecified atom stereocenters. The standard InChI is InChI=1S/C15H15Cl2N3O/c16-12-7-4-8-13(14(12)17)19-9-11(15(18)20-21)10-5-2-1-3-6-10/h1-8,11,19,21H,9H2,(H2,18,20). The molecule has 0 radical (unpaired) electrons. The van der Waals surface area contributed by atoms with Crippen molar-refractivity contribution in [2.75, 3.05) is 11.9 Å². The summed E-state index contributed by atoms with van der Waals surface area (Å²) in [5.74, 6) is -0.141. The van der Waals surface area contributed by atoms with E-state index >= 15 is 0 Å². The molecule has 0 aromatic heterocycles. The van der Waals surface area contributed by atoms with Crippen molar-refractivity contribution in [1.82, 2.24) is 0 Å². The summed E-state index contributed by atoms with van der Waals surface area (Å²) in [6.45, 7) is 0.431. The fourth-order valence-corrected chi connectivity index (χ4v) is 2.37. The third kappa shape index (κ3) is 3.80. The molecule has 4 N–H and O–H groups in total. The molecule has 0 amide bonds. The van der Waals surface area contributed by atoms with Gasteiger partial charge in [0.2, 0.25) is 0 Å². The highest BCUT2D eigenvalue weighted by Crippen LogP contribution is 2.30. The van der Waals surface area contributed by atoms with Crippen LogP contribution in [0.2, 0.25) is 10.0 Å². The minimum atomic E-state index is -0.272. The van der Waals surface area contributed by atoms with E-state index in [-0.39, 0.29) is 11.8 Å². The van der Waals surface area contributed by atoms with Gasteiger partial charge in [0.25, 0.3) is 0 Å². The number of nitrogens with zero attached hydrogens (tertiary/aromatic N) is 1. The van der Waals surface area contributed by atoms with E-state index < -0.39 is 0 Å². The topological polar surface area (TPSA) is 70.6 Å². The van der Waals surface area contributed by atoms with Crippen LogP contribution >= 0.6 is 23.2 Å². The molecule has 0 aliphatic rings. The minimum Gasteiger partial charge on any atom is -0.409 e. The molecule has 2 aromatic rings. The maximum atomic E-state index is 8.95. The zero-order valence-electron chi connectivity index (χ0n) is 11.1. The summed E-state index contributed by atoms with van der Waals surface area (Å²) in [6.07, 6.45) is 0. The number of nitrogens with one attached hydrogen (secondary N) is 1. The molecule has 2 rings (SSSR count). The van der Waals surface area contributed by atoms with Crippen LogP contribution in [-0.2, 0) is 0 Å². The number of amidine groups is 1. The molecule has 6 heteroatoms. The molecule has 4 nitrogen and oxygen atoms in total. The molecule has 2 aromatic carbocycles. The Morgan fingerprint density at radius 3 is 2.52 bits per heavy atom. The summed E-state index contributed by atoms with van der Waals surface area (Å²) in [5.41, 5.74) is 7.43. The lowest BCUT2D eigenvalue weighted by Gasteiger charge is -2.18. The Kier molecular flexibility index (Phi) is 5.31. The van der Waals surface area contributed by atoms with Crippen LogP contribution in [0.1, 0.15) is 11.5 Å². The monoisotopic (exact) mass is 323 g/mol. The van der Waals surface area contributed by atoms with Gasteiger partial charge in [-0.25, -0.2) is 0 Å². The fraction of sp³-hybridized carbons (Fsp3) is 0.133. The van der Waals surface area contributed by atoms with E-state index in [0.29, 0.717) is 22.3 Å². The summed E-state index contributed by atoms with van der Waals surface area (Å²) < 4.78 is 0. The van der Waals surface area contributed by atoms with Gasteiger partial charge < -0.3 is 16.3 Å². The Morgan fingerprint density at radius 2 is 1.86 bits per heavy atom. The van der Waals surface area contributed by atoms with E-state index in [4.69, 9.17) is 34.1 Å². The van der Waals surface area contributed by atoms with Crippen molar-refractivity contribution < 1.29 is 5.21 Å². The first-order valence-corrected chi connectivity index (χ1v) is 7.09. The van der Waals surface area contributed by atoms with Crippen LogP contribution in [0, 0.1) is 0 Å². The van der Waals surface area contributed by atoms with Gasteiger partial charge in [0, 0.05) is 6.54 Å². The maximum absolute atomic E-state index is 8.95. The first kappa shape index (κ1) is 15.5. The van der Waals surface area contributed by atoms with Crippen LogP contribution in [-0.4, -0.2) is 17.6 Å². The highest BCUT2D eigenvalue weighted by molar-refractivity contribution is 6.43. The molecule has 0 saturated carbocycles. The normalized spacial score (nSPS) is 13.0. The summed E-state index contributed by atoms with van der Waals surface area (Å²) >= 11 is 12.1. The van der Waals surface area contributed by atoms with Gasteiger partial charge >= 0.3 is 0 Å². The van der Waals surface area contributed by atoms with E-state index in [0.717, 1.165) is 5.56 Å². The Balaban J connectivity index is 2.19. The van der Waals surface area contributed by atoms with Crippen molar-refractivity contribution >= 4 is 34.7 Å². The maximum Gasteiger partial charge on any atom is 0.148 e. The van der Waals surface area contributed by atoms with Crippen molar-refractivity contribution in [1.29, 1.82) is 0 Å². The van der Waals surface area contributed by atoms with E-state index in [1.165, 1.54) is 0 Å². The molecule has 0 spiro atoms. The number of oxime groups is 1. The fourth-order valence-electron chi connectivity index (χ4n) is 2.00. The first-order valence-electron chi connectivity index (χ1n) is 6.33. The summed E-state index contributed by atoms with van der Waals surface area (Å²) in [4.78, 5) is 0. The van der Waals surface area contributed by atoms with Crippen LogP contribution in [0.15, 0.2) is 53.7 Å². The van der Waals surface area contributed by atoms with Crippen LogP contribution < -0.4 is 11.1 Å². The zero-order chi connectivity index (χ0) is 15.2. The molecular formula is C15H15Cl2N3O. The third-order valence-electron chi connectivity index (χ3n) is 3.12. The minimum absolute atomic E-state index is 0.131. The van der Waals surface area contributed by atoms with E-state index in [9.17, 15) is 0 Å². The number of anilines is 1. The quantitative estimate of drug-likeness (QED) is 0.338. The van der Waals surface area contributed by atoms with Gasteiger partial charge in [0.05, 0.1) is 21.7 Å². The molecule has 0 aliphatic heterocycles. The largest absolute Gasteiger partial charge is 0.409 e. The van der Waals surface area contributed by atoms with Crippen LogP contribution in [0.25, 0.3) is 0 Å². The van der Waals surface area contributed by atoms with E-state index in [1.54, 1.807) is 12.1 Å². The number of halogens is 2. The van der Waals surface area contributed by atoms with Crippen LogP contribution in [0.3, 0.4) is 0 Å².